The van der Waals surface area contributed by atoms with Gasteiger partial charge in [-0.3, -0.25) is 14.6 Å². The number of ketones is 1. The molecule has 0 saturated carbocycles. The van der Waals surface area contributed by atoms with Crippen LogP contribution in [0.1, 0.15) is 19.3 Å². The molecule has 1 aliphatic carbocycles. The Bertz CT molecular complexity index is 379. The standard InChI is InChI=1S/C17H28N2O3/c20-16-4-2-1-3-5-17(16,14-18-6-10-21-11-7-18)15-19-8-12-22-13-9-19/h2,4H,1,3,5-15H2. The number of hydrogen-bond acceptors (Lipinski definition) is 5. The van der Waals surface area contributed by atoms with E-state index in [-0.39, 0.29) is 5.41 Å². The molecule has 0 atom stereocenters. The molecule has 0 N–H and O–H groups in total. The Kier molecular flexibility index (Phi) is 5.63. The molecule has 0 spiro atoms. The van der Waals surface area contributed by atoms with Crippen molar-refractivity contribution >= 4 is 5.78 Å². The summed E-state index contributed by atoms with van der Waals surface area (Å²) in [4.78, 5) is 17.7. The van der Waals surface area contributed by atoms with Crippen molar-refractivity contribution in [1.29, 1.82) is 0 Å². The summed E-state index contributed by atoms with van der Waals surface area (Å²) < 4.78 is 10.9. The third-order valence-electron chi connectivity index (χ3n) is 5.08. The highest BCUT2D eigenvalue weighted by Gasteiger charge is 2.40. The second-order valence-electron chi connectivity index (χ2n) is 6.72. The van der Waals surface area contributed by atoms with Crippen molar-refractivity contribution in [3.05, 3.63) is 12.2 Å². The molecule has 3 aliphatic rings. The molecule has 3 rings (SSSR count). The summed E-state index contributed by atoms with van der Waals surface area (Å²) in [5.74, 6) is 0.322. The number of carbonyl (C=O) groups is 1. The van der Waals surface area contributed by atoms with Crippen LogP contribution in [0.4, 0.5) is 0 Å². The summed E-state index contributed by atoms with van der Waals surface area (Å²) in [5.41, 5.74) is -0.248. The zero-order chi connectivity index (χ0) is 15.3. The number of allylic oxidation sites excluding steroid dienone is 2. The van der Waals surface area contributed by atoms with E-state index >= 15 is 0 Å². The molecule has 2 saturated heterocycles. The van der Waals surface area contributed by atoms with Gasteiger partial charge in [0.2, 0.25) is 0 Å². The highest BCUT2D eigenvalue weighted by molar-refractivity contribution is 5.95. The third kappa shape index (κ3) is 3.96. The van der Waals surface area contributed by atoms with Crippen LogP contribution in [0.15, 0.2) is 12.2 Å². The quantitative estimate of drug-likeness (QED) is 0.773. The van der Waals surface area contributed by atoms with E-state index in [9.17, 15) is 4.79 Å². The van der Waals surface area contributed by atoms with Crippen LogP contribution in [0.5, 0.6) is 0 Å². The normalized spacial score (nSPS) is 27.7. The zero-order valence-corrected chi connectivity index (χ0v) is 13.5. The van der Waals surface area contributed by atoms with Crippen LogP contribution in [-0.2, 0) is 14.3 Å². The molecule has 0 aromatic rings. The molecule has 0 unspecified atom stereocenters. The number of morpholine rings is 2. The van der Waals surface area contributed by atoms with Crippen LogP contribution in [-0.4, -0.2) is 81.3 Å². The summed E-state index contributed by atoms with van der Waals surface area (Å²) in [7, 11) is 0. The van der Waals surface area contributed by atoms with Crippen molar-refractivity contribution in [1.82, 2.24) is 9.80 Å². The molecule has 0 aromatic heterocycles. The largest absolute Gasteiger partial charge is 0.379 e. The minimum Gasteiger partial charge on any atom is -0.379 e. The Hall–Kier alpha value is -0.750. The Balaban J connectivity index is 1.73. The Morgan fingerprint density at radius 2 is 1.50 bits per heavy atom. The summed E-state index contributed by atoms with van der Waals surface area (Å²) in [6, 6.07) is 0. The number of ether oxygens (including phenoxy) is 2. The molecule has 2 fully saturated rings. The second kappa shape index (κ2) is 7.68. The van der Waals surface area contributed by atoms with Crippen LogP contribution in [0, 0.1) is 5.41 Å². The van der Waals surface area contributed by atoms with Crippen molar-refractivity contribution in [3.8, 4) is 0 Å². The van der Waals surface area contributed by atoms with Crippen LogP contribution in [0.2, 0.25) is 0 Å². The van der Waals surface area contributed by atoms with Crippen LogP contribution < -0.4 is 0 Å². The maximum atomic E-state index is 12.9. The van der Waals surface area contributed by atoms with E-state index in [0.717, 1.165) is 85.0 Å². The first kappa shape index (κ1) is 16.1. The molecule has 0 aromatic carbocycles. The molecular weight excluding hydrogens is 280 g/mol. The summed E-state index contributed by atoms with van der Waals surface area (Å²) in [6.07, 6.45) is 7.03. The first-order valence-corrected chi connectivity index (χ1v) is 8.60. The fourth-order valence-corrected chi connectivity index (χ4v) is 3.79. The van der Waals surface area contributed by atoms with Gasteiger partial charge in [-0.15, -0.1) is 0 Å². The predicted octanol–water partition coefficient (Wildman–Crippen LogP) is 0.946. The van der Waals surface area contributed by atoms with Crippen LogP contribution >= 0.6 is 0 Å². The first-order chi connectivity index (χ1) is 10.8. The fourth-order valence-electron chi connectivity index (χ4n) is 3.79. The molecule has 0 radical (unpaired) electrons. The lowest BCUT2D eigenvalue weighted by atomic mass is 9.78. The highest BCUT2D eigenvalue weighted by atomic mass is 16.5. The maximum absolute atomic E-state index is 12.9. The highest BCUT2D eigenvalue weighted by Crippen LogP contribution is 2.32. The monoisotopic (exact) mass is 308 g/mol. The van der Waals surface area contributed by atoms with E-state index in [1.165, 1.54) is 0 Å². The van der Waals surface area contributed by atoms with E-state index in [1.807, 2.05) is 6.08 Å². The summed E-state index contributed by atoms with van der Waals surface area (Å²) in [6.45, 7) is 8.69. The second-order valence-corrected chi connectivity index (χ2v) is 6.72. The van der Waals surface area contributed by atoms with Gasteiger partial charge < -0.3 is 9.47 Å². The lowest BCUT2D eigenvalue weighted by Gasteiger charge is -2.41. The molecule has 0 bridgehead atoms. The number of carbonyl (C=O) groups excluding carboxylic acids is 1. The molecule has 2 aliphatic heterocycles. The lowest BCUT2D eigenvalue weighted by Crippen LogP contribution is -2.53. The van der Waals surface area contributed by atoms with Gasteiger partial charge in [-0.1, -0.05) is 6.08 Å². The van der Waals surface area contributed by atoms with E-state index in [0.29, 0.717) is 5.78 Å². The Morgan fingerprint density at radius 1 is 0.955 bits per heavy atom. The van der Waals surface area contributed by atoms with Crippen molar-refractivity contribution in [2.24, 2.45) is 5.41 Å². The van der Waals surface area contributed by atoms with E-state index in [4.69, 9.17) is 9.47 Å². The third-order valence-corrected chi connectivity index (χ3v) is 5.08. The predicted molar refractivity (Wildman–Crippen MR) is 84.9 cm³/mol. The average Bonchev–Trinajstić information content (AvgIpc) is 2.72. The first-order valence-electron chi connectivity index (χ1n) is 8.60. The molecule has 22 heavy (non-hydrogen) atoms. The van der Waals surface area contributed by atoms with Gasteiger partial charge in [0.1, 0.15) is 0 Å². The lowest BCUT2D eigenvalue weighted by molar-refractivity contribution is -0.128. The number of rotatable bonds is 4. The topological polar surface area (TPSA) is 42.0 Å². The maximum Gasteiger partial charge on any atom is 0.164 e. The van der Waals surface area contributed by atoms with Crippen LogP contribution in [0.25, 0.3) is 0 Å². The summed E-state index contributed by atoms with van der Waals surface area (Å²) >= 11 is 0. The molecular formula is C17H28N2O3. The molecule has 0 amide bonds. The molecule has 5 heteroatoms. The molecule has 2 heterocycles. The Morgan fingerprint density at radius 3 is 2.05 bits per heavy atom. The van der Waals surface area contributed by atoms with E-state index in [2.05, 4.69) is 15.9 Å². The van der Waals surface area contributed by atoms with Gasteiger partial charge >= 0.3 is 0 Å². The number of hydrogen-bond donors (Lipinski definition) is 0. The fraction of sp³-hybridized carbons (Fsp3) is 0.824. The minimum atomic E-state index is -0.248. The van der Waals surface area contributed by atoms with Gasteiger partial charge in [-0.05, 0) is 25.3 Å². The number of nitrogens with zero attached hydrogens (tertiary/aromatic N) is 2. The van der Waals surface area contributed by atoms with Crippen LogP contribution in [0.3, 0.4) is 0 Å². The van der Waals surface area contributed by atoms with Crippen molar-refractivity contribution < 1.29 is 14.3 Å². The van der Waals surface area contributed by atoms with E-state index in [1.54, 1.807) is 0 Å². The molecule has 5 nitrogen and oxygen atoms in total. The summed E-state index contributed by atoms with van der Waals surface area (Å²) in [5, 5.41) is 0. The van der Waals surface area contributed by atoms with Crippen molar-refractivity contribution in [2.75, 3.05) is 65.7 Å². The van der Waals surface area contributed by atoms with Crippen molar-refractivity contribution in [3.63, 3.8) is 0 Å². The molecule has 124 valence electrons. The SMILES string of the molecule is O=C1C=CCCCC1(CN1CCOCC1)CN1CCOCC1. The van der Waals surface area contributed by atoms with Gasteiger partial charge in [0.25, 0.3) is 0 Å². The van der Waals surface area contributed by atoms with E-state index < -0.39 is 0 Å². The van der Waals surface area contributed by atoms with Crippen molar-refractivity contribution in [2.45, 2.75) is 19.3 Å². The van der Waals surface area contributed by atoms with Gasteiger partial charge in [-0.2, -0.15) is 0 Å². The smallest absolute Gasteiger partial charge is 0.164 e. The van der Waals surface area contributed by atoms with Gasteiger partial charge in [0, 0.05) is 39.3 Å². The van der Waals surface area contributed by atoms with Gasteiger partial charge in [-0.25, -0.2) is 0 Å². The van der Waals surface area contributed by atoms with Gasteiger partial charge in [0.05, 0.1) is 31.8 Å². The zero-order valence-electron chi connectivity index (χ0n) is 13.5. The average molecular weight is 308 g/mol. The Labute approximate surface area is 133 Å². The van der Waals surface area contributed by atoms with Gasteiger partial charge in [0.15, 0.2) is 5.78 Å². The minimum absolute atomic E-state index is 0.248.